The van der Waals surface area contributed by atoms with Crippen LogP contribution in [0, 0.1) is 5.82 Å². The molecule has 0 N–H and O–H groups in total. The highest BCUT2D eigenvalue weighted by atomic mass is 79.9. The molecule has 1 amide bonds. The van der Waals surface area contributed by atoms with Gasteiger partial charge in [-0.1, -0.05) is 78.9 Å². The highest BCUT2D eigenvalue weighted by Crippen LogP contribution is 2.42. The second-order valence-corrected chi connectivity index (χ2v) is 11.7. The molecule has 3 aromatic rings. The van der Waals surface area contributed by atoms with Gasteiger partial charge in [-0.25, -0.2) is 9.18 Å². The van der Waals surface area contributed by atoms with E-state index >= 15 is 0 Å². The molecule has 11 heteroatoms. The van der Waals surface area contributed by atoms with E-state index in [1.54, 1.807) is 48.5 Å². The third kappa shape index (κ3) is 7.30. The molecule has 0 saturated carbocycles. The number of thiocarbonyl (C=S) groups is 1. The molecule has 6 nitrogen and oxygen atoms in total. The van der Waals surface area contributed by atoms with E-state index < -0.39 is 23.7 Å². The van der Waals surface area contributed by atoms with Gasteiger partial charge in [0.1, 0.15) is 16.7 Å². The first kappa shape index (κ1) is 31.0. The molecule has 0 radical (unpaired) electrons. The molecule has 1 saturated heterocycles. The van der Waals surface area contributed by atoms with Crippen LogP contribution in [0.2, 0.25) is 5.02 Å². The highest BCUT2D eigenvalue weighted by Gasteiger charge is 2.42. The maximum Gasteiger partial charge on any atom is 0.333 e. The highest BCUT2D eigenvalue weighted by molar-refractivity contribution is 9.10. The number of hydrogen-bond donors (Lipinski definition) is 0. The SMILES string of the molecule is CCCOC(=O)C(c1ccccc1)N1C(=O)/C(=C\c2cc(Br)c(OCc3c(F)cccc3Cl)c(OCC)c2)SC1=S. The quantitative estimate of drug-likeness (QED) is 0.115. The van der Waals surface area contributed by atoms with Gasteiger partial charge in [0.05, 0.1) is 27.6 Å². The summed E-state index contributed by atoms with van der Waals surface area (Å²) in [4.78, 5) is 28.3. The smallest absolute Gasteiger partial charge is 0.333 e. The van der Waals surface area contributed by atoms with Crippen LogP contribution in [0.15, 0.2) is 70.0 Å². The normalized spacial score (nSPS) is 14.9. The molecular weight excluding hydrogens is 653 g/mol. The molecule has 1 unspecified atom stereocenters. The Morgan fingerprint density at radius 3 is 2.59 bits per heavy atom. The van der Waals surface area contributed by atoms with E-state index in [-0.39, 0.29) is 28.1 Å². The third-order valence-electron chi connectivity index (χ3n) is 5.92. The Morgan fingerprint density at radius 2 is 1.90 bits per heavy atom. The zero-order valence-electron chi connectivity index (χ0n) is 22.2. The average Bonchev–Trinajstić information content (AvgIpc) is 3.21. The molecule has 41 heavy (non-hydrogen) atoms. The van der Waals surface area contributed by atoms with Gasteiger partial charge >= 0.3 is 5.97 Å². The molecule has 1 aliphatic heterocycles. The van der Waals surface area contributed by atoms with Crippen LogP contribution in [0.5, 0.6) is 11.5 Å². The topological polar surface area (TPSA) is 65.1 Å². The molecular formula is C30H26BrClFNO5S2. The number of carbonyl (C=O) groups excluding carboxylic acids is 2. The first-order valence-corrected chi connectivity index (χ1v) is 15.1. The van der Waals surface area contributed by atoms with E-state index in [0.29, 0.717) is 45.0 Å². The number of ether oxygens (including phenoxy) is 3. The summed E-state index contributed by atoms with van der Waals surface area (Å²) >= 11 is 16.3. The Labute approximate surface area is 260 Å². The maximum atomic E-state index is 14.3. The van der Waals surface area contributed by atoms with E-state index in [9.17, 15) is 14.0 Å². The minimum Gasteiger partial charge on any atom is -0.490 e. The second kappa shape index (κ2) is 14.3. The van der Waals surface area contributed by atoms with Crippen molar-refractivity contribution in [1.29, 1.82) is 0 Å². The molecule has 0 aliphatic carbocycles. The van der Waals surface area contributed by atoms with Crippen molar-refractivity contribution in [1.82, 2.24) is 4.90 Å². The first-order chi connectivity index (χ1) is 19.7. The van der Waals surface area contributed by atoms with Crippen LogP contribution >= 0.6 is 51.5 Å². The van der Waals surface area contributed by atoms with Crippen molar-refractivity contribution in [2.75, 3.05) is 13.2 Å². The number of thioether (sulfide) groups is 1. The van der Waals surface area contributed by atoms with Gasteiger partial charge in [-0.2, -0.15) is 0 Å². The lowest BCUT2D eigenvalue weighted by Gasteiger charge is -2.25. The van der Waals surface area contributed by atoms with Crippen LogP contribution in [0.3, 0.4) is 0 Å². The summed E-state index contributed by atoms with van der Waals surface area (Å²) in [6, 6.07) is 15.8. The fraction of sp³-hybridized carbons (Fsp3) is 0.233. The largest absolute Gasteiger partial charge is 0.490 e. The Bertz CT molecular complexity index is 1470. The fourth-order valence-electron chi connectivity index (χ4n) is 4.05. The fourth-order valence-corrected chi connectivity index (χ4v) is 6.15. The lowest BCUT2D eigenvalue weighted by molar-refractivity contribution is -0.151. The number of esters is 1. The Kier molecular flexibility index (Phi) is 10.8. The lowest BCUT2D eigenvalue weighted by Crippen LogP contribution is -2.38. The summed E-state index contributed by atoms with van der Waals surface area (Å²) in [5.41, 5.74) is 1.45. The standard InChI is InChI=1S/C30H26BrClFNO5S2/c1-3-13-38-29(36)26(19-9-6-5-7-10-19)34-28(35)25(41-30(34)40)16-18-14-21(31)27(24(15-18)37-4-2)39-17-20-22(32)11-8-12-23(20)33/h5-12,14-16,26H,3-4,13,17H2,1-2H3/b25-16+. The van der Waals surface area contributed by atoms with Crippen molar-refractivity contribution in [2.24, 2.45) is 0 Å². The van der Waals surface area contributed by atoms with Gasteiger partial charge in [0, 0.05) is 5.56 Å². The number of nitrogens with zero attached hydrogens (tertiary/aromatic N) is 1. The van der Waals surface area contributed by atoms with Gasteiger partial charge in [-0.3, -0.25) is 9.69 Å². The zero-order valence-corrected chi connectivity index (χ0v) is 26.2. The molecule has 0 bridgehead atoms. The molecule has 214 valence electrons. The summed E-state index contributed by atoms with van der Waals surface area (Å²) in [6.45, 7) is 4.18. The molecule has 1 aliphatic rings. The van der Waals surface area contributed by atoms with E-state index in [4.69, 9.17) is 38.0 Å². The van der Waals surface area contributed by atoms with Gasteiger partial charge in [0.15, 0.2) is 17.5 Å². The average molecular weight is 679 g/mol. The molecule has 4 rings (SSSR count). The summed E-state index contributed by atoms with van der Waals surface area (Å²) in [7, 11) is 0. The minimum absolute atomic E-state index is 0.114. The van der Waals surface area contributed by atoms with Crippen LogP contribution in [0.1, 0.15) is 43.0 Å². The third-order valence-corrected chi connectivity index (χ3v) is 8.19. The Balaban J connectivity index is 1.63. The van der Waals surface area contributed by atoms with Crippen LogP contribution in [-0.4, -0.2) is 34.3 Å². The second-order valence-electron chi connectivity index (χ2n) is 8.78. The predicted octanol–water partition coefficient (Wildman–Crippen LogP) is 8.12. The monoisotopic (exact) mass is 677 g/mol. The molecule has 3 aromatic carbocycles. The summed E-state index contributed by atoms with van der Waals surface area (Å²) in [6.07, 6.45) is 2.32. The van der Waals surface area contributed by atoms with Crippen molar-refractivity contribution >= 4 is 73.8 Å². The van der Waals surface area contributed by atoms with Crippen LogP contribution in [0.25, 0.3) is 6.08 Å². The molecule has 0 aromatic heterocycles. The molecule has 1 heterocycles. The molecule has 1 fully saturated rings. The zero-order chi connectivity index (χ0) is 29.5. The number of halogens is 3. The number of hydrogen-bond acceptors (Lipinski definition) is 7. The minimum atomic E-state index is -1.01. The summed E-state index contributed by atoms with van der Waals surface area (Å²) in [5, 5.41) is 0.255. The van der Waals surface area contributed by atoms with Crippen molar-refractivity contribution in [3.63, 3.8) is 0 Å². The summed E-state index contributed by atoms with van der Waals surface area (Å²) < 4.78 is 32.2. The van der Waals surface area contributed by atoms with Gasteiger partial charge in [-0.05, 0) is 70.7 Å². The van der Waals surface area contributed by atoms with E-state index in [1.807, 2.05) is 19.9 Å². The van der Waals surface area contributed by atoms with Crippen molar-refractivity contribution < 1.29 is 28.2 Å². The Morgan fingerprint density at radius 1 is 1.15 bits per heavy atom. The van der Waals surface area contributed by atoms with E-state index in [2.05, 4.69) is 15.9 Å². The van der Waals surface area contributed by atoms with Crippen LogP contribution in [-0.2, 0) is 20.9 Å². The van der Waals surface area contributed by atoms with Gasteiger partial charge in [-0.15, -0.1) is 0 Å². The van der Waals surface area contributed by atoms with E-state index in [0.717, 1.165) is 11.8 Å². The van der Waals surface area contributed by atoms with Crippen LogP contribution < -0.4 is 9.47 Å². The van der Waals surface area contributed by atoms with E-state index in [1.165, 1.54) is 17.0 Å². The van der Waals surface area contributed by atoms with Gasteiger partial charge in [0.25, 0.3) is 5.91 Å². The van der Waals surface area contributed by atoms with Crippen molar-refractivity contribution in [2.45, 2.75) is 32.9 Å². The number of amides is 1. The molecule has 0 spiro atoms. The van der Waals surface area contributed by atoms with Crippen molar-refractivity contribution in [3.05, 3.63) is 97.6 Å². The van der Waals surface area contributed by atoms with Crippen molar-refractivity contribution in [3.8, 4) is 11.5 Å². The number of rotatable bonds is 11. The predicted molar refractivity (Wildman–Crippen MR) is 166 cm³/mol. The van der Waals surface area contributed by atoms with Gasteiger partial charge in [0.2, 0.25) is 0 Å². The Hall–Kier alpha value is -2.92. The first-order valence-electron chi connectivity index (χ1n) is 12.8. The maximum absolute atomic E-state index is 14.3. The van der Waals surface area contributed by atoms with Crippen LogP contribution in [0.4, 0.5) is 4.39 Å². The summed E-state index contributed by atoms with van der Waals surface area (Å²) in [5.74, 6) is -0.683. The number of carbonyl (C=O) groups is 2. The lowest BCUT2D eigenvalue weighted by atomic mass is 10.1. The molecule has 1 atom stereocenters. The number of benzene rings is 3. The van der Waals surface area contributed by atoms with Gasteiger partial charge < -0.3 is 14.2 Å².